The molecule has 0 saturated carbocycles. The van der Waals surface area contributed by atoms with Gasteiger partial charge in [-0.05, 0) is 36.4 Å². The van der Waals surface area contributed by atoms with E-state index in [1.54, 1.807) is 50.6 Å². The van der Waals surface area contributed by atoms with Crippen molar-refractivity contribution in [2.45, 2.75) is 0 Å². The van der Waals surface area contributed by atoms with Crippen molar-refractivity contribution in [1.82, 2.24) is 0 Å². The molecule has 116 valence electrons. The third kappa shape index (κ3) is 2.98. The van der Waals surface area contributed by atoms with E-state index in [0.29, 0.717) is 34.1 Å². The van der Waals surface area contributed by atoms with E-state index in [1.807, 2.05) is 0 Å². The number of benzene rings is 2. The Morgan fingerprint density at radius 3 is 1.41 bits per heavy atom. The van der Waals surface area contributed by atoms with Crippen molar-refractivity contribution in [3.05, 3.63) is 47.5 Å². The molecule has 0 aliphatic carbocycles. The van der Waals surface area contributed by atoms with Crippen LogP contribution in [0.4, 0.5) is 0 Å². The molecule has 5 heteroatoms. The highest BCUT2D eigenvalue weighted by Crippen LogP contribution is 2.31. The van der Waals surface area contributed by atoms with Crippen molar-refractivity contribution >= 4 is 5.78 Å². The standard InChI is InChI=1S/C17H18O5/c1-19-11-5-7-15(21-3)13(9-11)17(18)14-10-12(20-2)6-8-16(14)22-4/h5-10H,1-4H3. The molecule has 2 aromatic carbocycles. The van der Waals surface area contributed by atoms with Crippen LogP contribution in [-0.2, 0) is 0 Å². The normalized spacial score (nSPS) is 10.0. The summed E-state index contributed by atoms with van der Waals surface area (Å²) in [6, 6.07) is 10.1. The monoisotopic (exact) mass is 302 g/mol. The third-order valence-corrected chi connectivity index (χ3v) is 3.30. The van der Waals surface area contributed by atoms with Gasteiger partial charge in [-0.1, -0.05) is 0 Å². The largest absolute Gasteiger partial charge is 0.497 e. The van der Waals surface area contributed by atoms with Gasteiger partial charge in [-0.25, -0.2) is 0 Å². The Balaban J connectivity index is 2.56. The summed E-state index contributed by atoms with van der Waals surface area (Å²) in [6.45, 7) is 0. The lowest BCUT2D eigenvalue weighted by atomic mass is 10.0. The maximum Gasteiger partial charge on any atom is 0.200 e. The lowest BCUT2D eigenvalue weighted by molar-refractivity contribution is 0.103. The summed E-state index contributed by atoms with van der Waals surface area (Å²) >= 11 is 0. The minimum Gasteiger partial charge on any atom is -0.497 e. The van der Waals surface area contributed by atoms with E-state index in [4.69, 9.17) is 18.9 Å². The molecule has 2 rings (SSSR count). The van der Waals surface area contributed by atoms with Crippen molar-refractivity contribution in [2.75, 3.05) is 28.4 Å². The van der Waals surface area contributed by atoms with E-state index < -0.39 is 0 Å². The van der Waals surface area contributed by atoms with E-state index >= 15 is 0 Å². The highest BCUT2D eigenvalue weighted by molar-refractivity contribution is 6.12. The minimum atomic E-state index is -0.230. The van der Waals surface area contributed by atoms with Gasteiger partial charge in [0.25, 0.3) is 0 Å². The molecule has 0 aliphatic heterocycles. The fourth-order valence-electron chi connectivity index (χ4n) is 2.13. The summed E-state index contributed by atoms with van der Waals surface area (Å²) in [7, 11) is 6.12. The number of hydrogen-bond donors (Lipinski definition) is 0. The topological polar surface area (TPSA) is 54.0 Å². The van der Waals surface area contributed by atoms with Crippen LogP contribution in [0.1, 0.15) is 15.9 Å². The first-order chi connectivity index (χ1) is 10.6. The number of hydrogen-bond acceptors (Lipinski definition) is 5. The van der Waals surface area contributed by atoms with Gasteiger partial charge in [0, 0.05) is 0 Å². The van der Waals surface area contributed by atoms with Gasteiger partial charge in [0.05, 0.1) is 39.6 Å². The van der Waals surface area contributed by atoms with Crippen LogP contribution in [0.2, 0.25) is 0 Å². The lowest BCUT2D eigenvalue weighted by Crippen LogP contribution is -2.07. The maximum atomic E-state index is 12.9. The first-order valence-electron chi connectivity index (χ1n) is 6.63. The van der Waals surface area contributed by atoms with Gasteiger partial charge in [-0.15, -0.1) is 0 Å². The quantitative estimate of drug-likeness (QED) is 0.768. The van der Waals surface area contributed by atoms with E-state index in [1.165, 1.54) is 14.2 Å². The van der Waals surface area contributed by atoms with Crippen molar-refractivity contribution < 1.29 is 23.7 Å². The molecule has 0 heterocycles. The molecule has 0 unspecified atom stereocenters. The second kappa shape index (κ2) is 6.85. The number of ketones is 1. The van der Waals surface area contributed by atoms with Crippen LogP contribution in [0.5, 0.6) is 23.0 Å². The van der Waals surface area contributed by atoms with E-state index in [-0.39, 0.29) is 5.78 Å². The van der Waals surface area contributed by atoms with Crippen LogP contribution >= 0.6 is 0 Å². The lowest BCUT2D eigenvalue weighted by Gasteiger charge is -2.13. The van der Waals surface area contributed by atoms with Crippen LogP contribution < -0.4 is 18.9 Å². The molecule has 0 atom stereocenters. The minimum absolute atomic E-state index is 0.230. The van der Waals surface area contributed by atoms with Gasteiger partial charge in [-0.2, -0.15) is 0 Å². The Morgan fingerprint density at radius 2 is 1.09 bits per heavy atom. The summed E-state index contributed by atoms with van der Waals surface area (Å²) in [5.74, 6) is 1.86. The summed E-state index contributed by atoms with van der Waals surface area (Å²) < 4.78 is 20.9. The third-order valence-electron chi connectivity index (χ3n) is 3.30. The van der Waals surface area contributed by atoms with Gasteiger partial charge in [0.1, 0.15) is 23.0 Å². The average Bonchev–Trinajstić information content (AvgIpc) is 2.59. The van der Waals surface area contributed by atoms with Crippen molar-refractivity contribution in [3.8, 4) is 23.0 Å². The summed E-state index contributed by atoms with van der Waals surface area (Å²) in [6.07, 6.45) is 0. The van der Waals surface area contributed by atoms with Gasteiger partial charge in [-0.3, -0.25) is 4.79 Å². The van der Waals surface area contributed by atoms with Crippen LogP contribution in [0.15, 0.2) is 36.4 Å². The van der Waals surface area contributed by atoms with Crippen LogP contribution in [0.3, 0.4) is 0 Å². The summed E-state index contributed by atoms with van der Waals surface area (Å²) in [4.78, 5) is 12.9. The summed E-state index contributed by atoms with van der Waals surface area (Å²) in [5.41, 5.74) is 0.793. The zero-order valence-electron chi connectivity index (χ0n) is 13.0. The Morgan fingerprint density at radius 1 is 0.682 bits per heavy atom. The van der Waals surface area contributed by atoms with Crippen molar-refractivity contribution in [3.63, 3.8) is 0 Å². The molecular formula is C17H18O5. The molecular weight excluding hydrogens is 284 g/mol. The predicted octanol–water partition coefficient (Wildman–Crippen LogP) is 2.95. The zero-order valence-corrected chi connectivity index (χ0v) is 13.0. The Hall–Kier alpha value is -2.69. The summed E-state index contributed by atoms with van der Waals surface area (Å²) in [5, 5.41) is 0. The van der Waals surface area contributed by atoms with Crippen LogP contribution in [0, 0.1) is 0 Å². The van der Waals surface area contributed by atoms with E-state index in [9.17, 15) is 4.79 Å². The fraction of sp³-hybridized carbons (Fsp3) is 0.235. The Bertz CT molecular complexity index is 621. The fourth-order valence-corrected chi connectivity index (χ4v) is 2.13. The highest BCUT2D eigenvalue weighted by Gasteiger charge is 2.20. The Kier molecular flexibility index (Phi) is 4.88. The van der Waals surface area contributed by atoms with Crippen LogP contribution in [0.25, 0.3) is 0 Å². The van der Waals surface area contributed by atoms with E-state index in [0.717, 1.165) is 0 Å². The predicted molar refractivity (Wildman–Crippen MR) is 82.5 cm³/mol. The highest BCUT2D eigenvalue weighted by atomic mass is 16.5. The van der Waals surface area contributed by atoms with Gasteiger partial charge >= 0.3 is 0 Å². The number of methoxy groups -OCH3 is 4. The maximum absolute atomic E-state index is 12.9. The van der Waals surface area contributed by atoms with Crippen LogP contribution in [-0.4, -0.2) is 34.2 Å². The molecule has 0 bridgehead atoms. The van der Waals surface area contributed by atoms with Gasteiger partial charge < -0.3 is 18.9 Å². The molecule has 0 aliphatic rings. The number of ether oxygens (including phenoxy) is 4. The molecule has 0 spiro atoms. The molecule has 0 fully saturated rings. The first-order valence-corrected chi connectivity index (χ1v) is 6.63. The average molecular weight is 302 g/mol. The van der Waals surface area contributed by atoms with Crippen molar-refractivity contribution in [1.29, 1.82) is 0 Å². The molecule has 22 heavy (non-hydrogen) atoms. The van der Waals surface area contributed by atoms with Gasteiger partial charge in [0.15, 0.2) is 0 Å². The Labute approximate surface area is 129 Å². The zero-order chi connectivity index (χ0) is 16.1. The molecule has 0 amide bonds. The smallest absolute Gasteiger partial charge is 0.200 e. The number of rotatable bonds is 6. The molecule has 5 nitrogen and oxygen atoms in total. The number of carbonyl (C=O) groups excluding carboxylic acids is 1. The number of carbonyl (C=O) groups is 1. The van der Waals surface area contributed by atoms with Crippen molar-refractivity contribution in [2.24, 2.45) is 0 Å². The molecule has 0 N–H and O–H groups in total. The second-order valence-corrected chi connectivity index (χ2v) is 4.46. The molecule has 0 saturated heterocycles. The second-order valence-electron chi connectivity index (χ2n) is 4.46. The SMILES string of the molecule is COc1ccc(OC)c(C(=O)c2cc(OC)ccc2OC)c1. The first kappa shape index (κ1) is 15.7. The van der Waals surface area contributed by atoms with E-state index in [2.05, 4.69) is 0 Å². The van der Waals surface area contributed by atoms with Gasteiger partial charge in [0.2, 0.25) is 5.78 Å². The molecule has 0 aromatic heterocycles. The molecule has 0 radical (unpaired) electrons. The molecule has 2 aromatic rings.